The quantitative estimate of drug-likeness (QED) is 0.438. The number of aliphatic hydroxyl groups excluding tert-OH is 2. The van der Waals surface area contributed by atoms with Crippen LogP contribution in [0.1, 0.15) is 97.8 Å². The van der Waals surface area contributed by atoms with Crippen molar-refractivity contribution in [1.82, 2.24) is 0 Å². The summed E-state index contributed by atoms with van der Waals surface area (Å²) in [6.45, 7) is 6.39. The lowest BCUT2D eigenvalue weighted by molar-refractivity contribution is 0.114. The standard InChI is InChI=1S/C18H38O2/c1-16(2)12-10-8-6-4-5-7-9-11-13-18(20)15-14-17(3)19/h16-20H,4-15H2,1-3H3. The van der Waals surface area contributed by atoms with Gasteiger partial charge in [0, 0.05) is 0 Å². The van der Waals surface area contributed by atoms with Gasteiger partial charge in [-0.25, -0.2) is 0 Å². The molecule has 0 aliphatic rings. The molecule has 0 aliphatic heterocycles. The van der Waals surface area contributed by atoms with Crippen molar-refractivity contribution in [2.75, 3.05) is 0 Å². The molecule has 0 bridgehead atoms. The summed E-state index contributed by atoms with van der Waals surface area (Å²) >= 11 is 0. The first-order valence-electron chi connectivity index (χ1n) is 8.88. The molecule has 2 unspecified atom stereocenters. The molecule has 0 spiro atoms. The highest BCUT2D eigenvalue weighted by molar-refractivity contribution is 4.59. The van der Waals surface area contributed by atoms with E-state index in [1.54, 1.807) is 6.92 Å². The van der Waals surface area contributed by atoms with Gasteiger partial charge in [-0.1, -0.05) is 71.6 Å². The van der Waals surface area contributed by atoms with Crippen LogP contribution in [0.15, 0.2) is 0 Å². The van der Waals surface area contributed by atoms with Crippen molar-refractivity contribution in [2.24, 2.45) is 5.92 Å². The lowest BCUT2D eigenvalue weighted by Gasteiger charge is -2.11. The van der Waals surface area contributed by atoms with Crippen LogP contribution in [0.5, 0.6) is 0 Å². The van der Waals surface area contributed by atoms with Crippen LogP contribution in [0.3, 0.4) is 0 Å². The van der Waals surface area contributed by atoms with Crippen molar-refractivity contribution in [3.8, 4) is 0 Å². The van der Waals surface area contributed by atoms with Crippen molar-refractivity contribution in [3.05, 3.63) is 0 Å². The molecule has 0 aromatic heterocycles. The lowest BCUT2D eigenvalue weighted by atomic mass is 10.0. The second-order valence-electron chi connectivity index (χ2n) is 6.88. The summed E-state index contributed by atoms with van der Waals surface area (Å²) in [5.41, 5.74) is 0. The molecular formula is C18H38O2. The van der Waals surface area contributed by atoms with E-state index >= 15 is 0 Å². The van der Waals surface area contributed by atoms with Gasteiger partial charge >= 0.3 is 0 Å². The third-order valence-corrected chi connectivity index (χ3v) is 3.99. The first-order valence-corrected chi connectivity index (χ1v) is 8.88. The van der Waals surface area contributed by atoms with Crippen LogP contribution in [0.2, 0.25) is 0 Å². The van der Waals surface area contributed by atoms with E-state index in [2.05, 4.69) is 13.8 Å². The normalized spacial score (nSPS) is 14.7. The Labute approximate surface area is 127 Å². The molecule has 0 radical (unpaired) electrons. The molecule has 0 rings (SSSR count). The second-order valence-corrected chi connectivity index (χ2v) is 6.88. The fraction of sp³-hybridized carbons (Fsp3) is 1.00. The highest BCUT2D eigenvalue weighted by atomic mass is 16.3. The molecule has 0 saturated carbocycles. The zero-order valence-electron chi connectivity index (χ0n) is 14.1. The summed E-state index contributed by atoms with van der Waals surface area (Å²) in [4.78, 5) is 0. The van der Waals surface area contributed by atoms with Crippen LogP contribution in [0, 0.1) is 5.92 Å². The van der Waals surface area contributed by atoms with Crippen molar-refractivity contribution >= 4 is 0 Å². The molecule has 2 heteroatoms. The number of aliphatic hydroxyl groups is 2. The number of hydrogen-bond donors (Lipinski definition) is 2. The third kappa shape index (κ3) is 16.0. The summed E-state index contributed by atoms with van der Waals surface area (Å²) < 4.78 is 0. The second kappa shape index (κ2) is 13.9. The van der Waals surface area contributed by atoms with E-state index < -0.39 is 0 Å². The van der Waals surface area contributed by atoms with Crippen LogP contribution >= 0.6 is 0 Å². The predicted octanol–water partition coefficient (Wildman–Crippen LogP) is 5.07. The molecule has 0 saturated heterocycles. The first-order chi connectivity index (χ1) is 9.52. The van der Waals surface area contributed by atoms with E-state index in [9.17, 15) is 5.11 Å². The van der Waals surface area contributed by atoms with Crippen molar-refractivity contribution < 1.29 is 10.2 Å². The Balaban J connectivity index is 3.12. The van der Waals surface area contributed by atoms with Gasteiger partial charge in [-0.05, 0) is 32.1 Å². The molecule has 2 atom stereocenters. The van der Waals surface area contributed by atoms with E-state index in [1.807, 2.05) is 0 Å². The van der Waals surface area contributed by atoms with Gasteiger partial charge in [0.15, 0.2) is 0 Å². The average molecular weight is 286 g/mol. The summed E-state index contributed by atoms with van der Waals surface area (Å²) in [7, 11) is 0. The summed E-state index contributed by atoms with van der Waals surface area (Å²) in [6, 6.07) is 0. The van der Waals surface area contributed by atoms with Crippen molar-refractivity contribution in [3.63, 3.8) is 0 Å². The molecule has 0 heterocycles. The minimum atomic E-state index is -0.277. The monoisotopic (exact) mass is 286 g/mol. The van der Waals surface area contributed by atoms with Gasteiger partial charge < -0.3 is 10.2 Å². The average Bonchev–Trinajstić information content (AvgIpc) is 2.38. The maximum Gasteiger partial charge on any atom is 0.0541 e. The van der Waals surface area contributed by atoms with E-state index in [-0.39, 0.29) is 12.2 Å². The van der Waals surface area contributed by atoms with E-state index in [1.165, 1.54) is 51.4 Å². The Morgan fingerprint density at radius 1 is 0.550 bits per heavy atom. The Bertz CT molecular complexity index is 190. The Morgan fingerprint density at radius 3 is 1.45 bits per heavy atom. The molecule has 122 valence electrons. The molecule has 2 nitrogen and oxygen atoms in total. The van der Waals surface area contributed by atoms with Crippen LogP contribution in [-0.2, 0) is 0 Å². The first kappa shape index (κ1) is 19.9. The van der Waals surface area contributed by atoms with Gasteiger partial charge in [0.05, 0.1) is 12.2 Å². The molecule has 0 amide bonds. The van der Waals surface area contributed by atoms with Gasteiger partial charge in [0.25, 0.3) is 0 Å². The molecule has 0 aromatic rings. The van der Waals surface area contributed by atoms with Crippen LogP contribution < -0.4 is 0 Å². The van der Waals surface area contributed by atoms with Crippen LogP contribution in [-0.4, -0.2) is 22.4 Å². The molecule has 0 fully saturated rings. The van der Waals surface area contributed by atoms with E-state index in [4.69, 9.17) is 5.11 Å². The fourth-order valence-corrected chi connectivity index (χ4v) is 2.57. The Morgan fingerprint density at radius 2 is 1.00 bits per heavy atom. The highest BCUT2D eigenvalue weighted by Crippen LogP contribution is 2.14. The van der Waals surface area contributed by atoms with Crippen molar-refractivity contribution in [2.45, 2.75) is 110 Å². The minimum Gasteiger partial charge on any atom is -0.393 e. The summed E-state index contributed by atoms with van der Waals surface area (Å²) in [5.74, 6) is 0.857. The Kier molecular flexibility index (Phi) is 13.8. The van der Waals surface area contributed by atoms with Gasteiger partial charge in [-0.2, -0.15) is 0 Å². The van der Waals surface area contributed by atoms with Crippen LogP contribution in [0.25, 0.3) is 0 Å². The number of rotatable bonds is 14. The Hall–Kier alpha value is -0.0800. The molecule has 0 aromatic carbocycles. The largest absolute Gasteiger partial charge is 0.393 e. The molecule has 0 aliphatic carbocycles. The highest BCUT2D eigenvalue weighted by Gasteiger charge is 2.05. The van der Waals surface area contributed by atoms with E-state index in [0.29, 0.717) is 0 Å². The maximum absolute atomic E-state index is 9.73. The minimum absolute atomic E-state index is 0.208. The smallest absolute Gasteiger partial charge is 0.0541 e. The number of unbranched alkanes of at least 4 members (excludes halogenated alkanes) is 7. The topological polar surface area (TPSA) is 40.5 Å². The van der Waals surface area contributed by atoms with E-state index in [0.717, 1.165) is 31.6 Å². The van der Waals surface area contributed by atoms with Gasteiger partial charge in [0.2, 0.25) is 0 Å². The number of hydrogen-bond acceptors (Lipinski definition) is 2. The lowest BCUT2D eigenvalue weighted by Crippen LogP contribution is -2.10. The summed E-state index contributed by atoms with van der Waals surface area (Å²) in [5, 5.41) is 18.9. The summed E-state index contributed by atoms with van der Waals surface area (Å²) in [6.07, 6.45) is 13.9. The third-order valence-electron chi connectivity index (χ3n) is 3.99. The molecule has 2 N–H and O–H groups in total. The van der Waals surface area contributed by atoms with Gasteiger partial charge in [0.1, 0.15) is 0 Å². The molecular weight excluding hydrogens is 248 g/mol. The van der Waals surface area contributed by atoms with Crippen molar-refractivity contribution in [1.29, 1.82) is 0 Å². The fourth-order valence-electron chi connectivity index (χ4n) is 2.57. The zero-order valence-corrected chi connectivity index (χ0v) is 14.1. The van der Waals surface area contributed by atoms with Crippen LogP contribution in [0.4, 0.5) is 0 Å². The molecule has 20 heavy (non-hydrogen) atoms. The SMILES string of the molecule is CC(C)CCCCCCCCCCC(O)CCC(C)O. The predicted molar refractivity (Wildman–Crippen MR) is 87.9 cm³/mol. The van der Waals surface area contributed by atoms with Gasteiger partial charge in [-0.3, -0.25) is 0 Å². The maximum atomic E-state index is 9.73. The van der Waals surface area contributed by atoms with Gasteiger partial charge in [-0.15, -0.1) is 0 Å². The zero-order chi connectivity index (χ0) is 15.2.